The fourth-order valence-corrected chi connectivity index (χ4v) is 1.56. The zero-order valence-corrected chi connectivity index (χ0v) is 10.3. The fraction of sp³-hybridized carbons (Fsp3) is 0.375. The molecule has 0 amide bonds. The van der Waals surface area contributed by atoms with E-state index >= 15 is 0 Å². The van der Waals surface area contributed by atoms with E-state index in [9.17, 15) is 13.2 Å². The van der Waals surface area contributed by atoms with Crippen molar-refractivity contribution in [3.8, 4) is 11.6 Å². The van der Waals surface area contributed by atoms with Crippen molar-refractivity contribution in [3.63, 3.8) is 0 Å². The highest BCUT2D eigenvalue weighted by molar-refractivity contribution is 14.1. The molecule has 1 heterocycles. The lowest BCUT2D eigenvalue weighted by atomic mass is 10.3. The number of hydrogen-bond acceptors (Lipinski definition) is 4. The summed E-state index contributed by atoms with van der Waals surface area (Å²) < 4.78 is 44.9. The van der Waals surface area contributed by atoms with Crippen LogP contribution in [0.4, 0.5) is 13.2 Å². The summed E-state index contributed by atoms with van der Waals surface area (Å²) in [6.07, 6.45) is -4.80. The maximum absolute atomic E-state index is 12.0. The van der Waals surface area contributed by atoms with Crippen LogP contribution in [0.25, 0.3) is 0 Å². The van der Waals surface area contributed by atoms with E-state index in [0.29, 0.717) is 9.26 Å². The summed E-state index contributed by atoms with van der Waals surface area (Å²) in [6.45, 7) is 0.161. The number of nitrogens with two attached hydrogens (primary N) is 1. The molecule has 2 N–H and O–H groups in total. The van der Waals surface area contributed by atoms with E-state index < -0.39 is 12.2 Å². The van der Waals surface area contributed by atoms with Gasteiger partial charge in [-0.1, -0.05) is 0 Å². The topological polar surface area (TPSA) is 57.4 Å². The van der Waals surface area contributed by atoms with Gasteiger partial charge >= 0.3 is 6.36 Å². The number of methoxy groups -OCH3 is 1. The van der Waals surface area contributed by atoms with E-state index in [0.717, 1.165) is 0 Å². The predicted molar refractivity (Wildman–Crippen MR) is 58.1 cm³/mol. The second kappa shape index (κ2) is 5.04. The molecule has 1 rings (SSSR count). The first-order valence-corrected chi connectivity index (χ1v) is 5.14. The van der Waals surface area contributed by atoms with Gasteiger partial charge in [-0.3, -0.25) is 0 Å². The number of alkyl halides is 3. The van der Waals surface area contributed by atoms with Crippen molar-refractivity contribution in [1.29, 1.82) is 0 Å². The lowest BCUT2D eigenvalue weighted by molar-refractivity contribution is -0.276. The summed E-state index contributed by atoms with van der Waals surface area (Å²) in [5.41, 5.74) is 5.98. The van der Waals surface area contributed by atoms with Crippen LogP contribution in [0.2, 0.25) is 0 Å². The van der Waals surface area contributed by atoms with Gasteiger partial charge < -0.3 is 15.2 Å². The highest BCUT2D eigenvalue weighted by Crippen LogP contribution is 2.32. The van der Waals surface area contributed by atoms with Gasteiger partial charge in [0, 0.05) is 12.1 Å². The molecular weight excluding hydrogens is 340 g/mol. The predicted octanol–water partition coefficient (Wildman–Crippen LogP) is 2.05. The van der Waals surface area contributed by atoms with Crippen LogP contribution in [-0.2, 0) is 6.54 Å². The lowest BCUT2D eigenvalue weighted by Crippen LogP contribution is -2.19. The van der Waals surface area contributed by atoms with E-state index in [4.69, 9.17) is 10.5 Å². The van der Waals surface area contributed by atoms with Crippen LogP contribution in [0.15, 0.2) is 6.07 Å². The van der Waals surface area contributed by atoms with Crippen molar-refractivity contribution < 1.29 is 22.6 Å². The first kappa shape index (κ1) is 13.3. The Kier molecular flexibility index (Phi) is 4.19. The SMILES string of the molecule is COc1cc(CN)c(I)nc1OC(F)(F)F. The lowest BCUT2D eigenvalue weighted by Gasteiger charge is -2.13. The van der Waals surface area contributed by atoms with Gasteiger partial charge in [-0.15, -0.1) is 13.2 Å². The zero-order valence-electron chi connectivity index (χ0n) is 8.14. The molecule has 0 aliphatic heterocycles. The first-order chi connectivity index (χ1) is 7.37. The minimum Gasteiger partial charge on any atom is -0.491 e. The standard InChI is InChI=1S/C8H8F3IN2O2/c1-15-5-2-4(3-13)6(12)14-7(5)16-8(9,10)11/h2H,3,13H2,1H3. The quantitative estimate of drug-likeness (QED) is 0.671. The molecule has 0 aromatic carbocycles. The maximum Gasteiger partial charge on any atom is 0.574 e. The van der Waals surface area contributed by atoms with Gasteiger partial charge in [0.25, 0.3) is 5.88 Å². The molecule has 1 aromatic heterocycles. The number of pyridine rings is 1. The van der Waals surface area contributed by atoms with E-state index in [1.54, 1.807) is 22.6 Å². The summed E-state index contributed by atoms with van der Waals surface area (Å²) in [5, 5.41) is 0. The second-order valence-electron chi connectivity index (χ2n) is 2.70. The van der Waals surface area contributed by atoms with Crippen LogP contribution in [0.1, 0.15) is 5.56 Å². The molecule has 0 aliphatic rings. The zero-order chi connectivity index (χ0) is 12.3. The molecule has 1 aromatic rings. The Morgan fingerprint density at radius 3 is 2.56 bits per heavy atom. The van der Waals surface area contributed by atoms with Gasteiger partial charge in [0.15, 0.2) is 5.75 Å². The van der Waals surface area contributed by atoms with Crippen LogP contribution in [-0.4, -0.2) is 18.5 Å². The molecule has 0 spiro atoms. The van der Waals surface area contributed by atoms with E-state index in [2.05, 4.69) is 9.72 Å². The average Bonchev–Trinajstić information content (AvgIpc) is 2.16. The third kappa shape index (κ3) is 3.37. The molecule has 0 fully saturated rings. The smallest absolute Gasteiger partial charge is 0.491 e. The summed E-state index contributed by atoms with van der Waals surface area (Å²) in [7, 11) is 1.23. The van der Waals surface area contributed by atoms with Crippen LogP contribution in [0.5, 0.6) is 11.6 Å². The molecule has 0 bridgehead atoms. The summed E-state index contributed by atoms with van der Waals surface area (Å²) in [4.78, 5) is 3.64. The van der Waals surface area contributed by atoms with Gasteiger partial charge in [0.05, 0.1) is 7.11 Å². The normalized spacial score (nSPS) is 11.4. The molecule has 0 saturated heterocycles. The van der Waals surface area contributed by atoms with Crippen molar-refractivity contribution in [2.75, 3.05) is 7.11 Å². The van der Waals surface area contributed by atoms with Crippen molar-refractivity contribution in [3.05, 3.63) is 15.3 Å². The Bertz CT molecular complexity index is 384. The second-order valence-corrected chi connectivity index (χ2v) is 3.72. The van der Waals surface area contributed by atoms with Crippen molar-refractivity contribution in [2.24, 2.45) is 5.73 Å². The van der Waals surface area contributed by atoms with Crippen molar-refractivity contribution in [1.82, 2.24) is 4.98 Å². The number of ether oxygens (including phenoxy) is 2. The third-order valence-corrected chi connectivity index (χ3v) is 2.57. The highest BCUT2D eigenvalue weighted by Gasteiger charge is 2.33. The molecule has 90 valence electrons. The Hall–Kier alpha value is -0.770. The fourth-order valence-electron chi connectivity index (χ4n) is 0.968. The largest absolute Gasteiger partial charge is 0.574 e. The van der Waals surface area contributed by atoms with Gasteiger partial charge in [0.1, 0.15) is 3.70 Å². The Balaban J connectivity index is 3.13. The molecule has 0 aliphatic carbocycles. The number of halogens is 4. The summed E-state index contributed by atoms with van der Waals surface area (Å²) >= 11 is 1.78. The molecule has 16 heavy (non-hydrogen) atoms. The minimum atomic E-state index is -4.80. The number of aromatic nitrogens is 1. The van der Waals surface area contributed by atoms with Crippen LogP contribution in [0, 0.1) is 3.70 Å². The van der Waals surface area contributed by atoms with Crippen molar-refractivity contribution in [2.45, 2.75) is 12.9 Å². The summed E-state index contributed by atoms with van der Waals surface area (Å²) in [6, 6.07) is 1.37. The minimum absolute atomic E-state index is 0.0989. The molecule has 4 nitrogen and oxygen atoms in total. The van der Waals surface area contributed by atoms with Crippen LogP contribution in [0.3, 0.4) is 0 Å². The monoisotopic (exact) mass is 348 g/mol. The van der Waals surface area contributed by atoms with Gasteiger partial charge in [-0.25, -0.2) is 4.98 Å². The maximum atomic E-state index is 12.0. The molecule has 0 radical (unpaired) electrons. The van der Waals surface area contributed by atoms with Gasteiger partial charge in [0.2, 0.25) is 0 Å². The van der Waals surface area contributed by atoms with E-state index in [-0.39, 0.29) is 12.3 Å². The van der Waals surface area contributed by atoms with Gasteiger partial charge in [-0.2, -0.15) is 0 Å². The third-order valence-electron chi connectivity index (χ3n) is 1.63. The highest BCUT2D eigenvalue weighted by atomic mass is 127. The number of rotatable bonds is 3. The van der Waals surface area contributed by atoms with E-state index in [1.807, 2.05) is 0 Å². The Morgan fingerprint density at radius 1 is 1.50 bits per heavy atom. The molecular formula is C8H8F3IN2O2. The average molecular weight is 348 g/mol. The molecule has 8 heteroatoms. The van der Waals surface area contributed by atoms with Gasteiger partial charge in [-0.05, 0) is 28.7 Å². The molecule has 0 atom stereocenters. The summed E-state index contributed by atoms with van der Waals surface area (Å²) in [5.74, 6) is -0.713. The molecule has 0 unspecified atom stereocenters. The Morgan fingerprint density at radius 2 is 2.12 bits per heavy atom. The van der Waals surface area contributed by atoms with Crippen molar-refractivity contribution >= 4 is 22.6 Å². The first-order valence-electron chi connectivity index (χ1n) is 4.06. The van der Waals surface area contributed by atoms with Crippen LogP contribution >= 0.6 is 22.6 Å². The number of hydrogen-bond donors (Lipinski definition) is 1. The van der Waals surface area contributed by atoms with E-state index in [1.165, 1.54) is 13.2 Å². The van der Waals surface area contributed by atoms with Crippen LogP contribution < -0.4 is 15.2 Å². The Labute approximate surface area is 103 Å². The molecule has 0 saturated carbocycles. The number of nitrogens with zero attached hydrogens (tertiary/aromatic N) is 1.